The molecule has 5 heteroatoms. The second kappa shape index (κ2) is 5.42. The highest BCUT2D eigenvalue weighted by Gasteiger charge is 2.21. The number of carbonyl (C=O) groups excluding carboxylic acids is 1. The number of benzene rings is 1. The lowest BCUT2D eigenvalue weighted by atomic mass is 10.2. The number of aromatic nitrogens is 1. The van der Waals surface area contributed by atoms with Gasteiger partial charge in [0.25, 0.3) is 0 Å². The lowest BCUT2D eigenvalue weighted by Gasteiger charge is -2.11. The van der Waals surface area contributed by atoms with E-state index in [4.69, 9.17) is 0 Å². The van der Waals surface area contributed by atoms with Crippen LogP contribution in [-0.2, 0) is 4.79 Å². The van der Waals surface area contributed by atoms with Gasteiger partial charge < -0.3 is 15.6 Å². The highest BCUT2D eigenvalue weighted by Crippen LogP contribution is 2.18. The van der Waals surface area contributed by atoms with Crippen molar-refractivity contribution in [1.82, 2.24) is 10.3 Å². The lowest BCUT2D eigenvalue weighted by Crippen LogP contribution is -2.35. The molecule has 1 aliphatic heterocycles. The molecule has 18 heavy (non-hydrogen) atoms. The Labute approximate surface area is 112 Å². The molecule has 1 aromatic carbocycles. The number of fused-ring (bicyclic) bond motifs is 1. The van der Waals surface area contributed by atoms with Crippen LogP contribution in [0.2, 0.25) is 0 Å². The van der Waals surface area contributed by atoms with E-state index in [0.29, 0.717) is 0 Å². The van der Waals surface area contributed by atoms with Crippen molar-refractivity contribution in [2.45, 2.75) is 18.9 Å². The molecule has 1 saturated heterocycles. The average Bonchev–Trinajstić information content (AvgIpc) is 2.99. The van der Waals surface area contributed by atoms with Crippen LogP contribution in [0.1, 0.15) is 12.8 Å². The fourth-order valence-electron chi connectivity index (χ4n) is 2.27. The van der Waals surface area contributed by atoms with E-state index in [-0.39, 0.29) is 24.4 Å². The van der Waals surface area contributed by atoms with Crippen molar-refractivity contribution in [3.63, 3.8) is 0 Å². The van der Waals surface area contributed by atoms with E-state index in [1.54, 1.807) is 0 Å². The predicted molar refractivity (Wildman–Crippen MR) is 75.2 cm³/mol. The summed E-state index contributed by atoms with van der Waals surface area (Å²) < 4.78 is 0. The predicted octanol–water partition coefficient (Wildman–Crippen LogP) is 2.28. The van der Waals surface area contributed by atoms with Crippen molar-refractivity contribution in [2.75, 3.05) is 11.9 Å². The van der Waals surface area contributed by atoms with Gasteiger partial charge in [-0.05, 0) is 43.7 Å². The van der Waals surface area contributed by atoms with Gasteiger partial charge in [-0.25, -0.2) is 0 Å². The van der Waals surface area contributed by atoms with Crippen LogP contribution in [0.3, 0.4) is 0 Å². The Hall–Kier alpha value is -1.52. The van der Waals surface area contributed by atoms with Crippen molar-refractivity contribution in [1.29, 1.82) is 0 Å². The van der Waals surface area contributed by atoms with Gasteiger partial charge in [0.2, 0.25) is 5.91 Å². The number of amides is 1. The number of hydrogen-bond donors (Lipinski definition) is 3. The second-order valence-electron chi connectivity index (χ2n) is 4.42. The fraction of sp³-hybridized carbons (Fsp3) is 0.308. The van der Waals surface area contributed by atoms with Gasteiger partial charge in [0, 0.05) is 22.8 Å². The molecule has 3 rings (SSSR count). The zero-order valence-corrected chi connectivity index (χ0v) is 10.7. The van der Waals surface area contributed by atoms with Gasteiger partial charge in [0.1, 0.15) is 0 Å². The molecule has 0 aliphatic carbocycles. The summed E-state index contributed by atoms with van der Waals surface area (Å²) in [6.07, 6.45) is 3.90. The summed E-state index contributed by atoms with van der Waals surface area (Å²) in [6, 6.07) is 7.85. The van der Waals surface area contributed by atoms with Crippen LogP contribution in [0.25, 0.3) is 10.9 Å². The molecule has 0 bridgehead atoms. The smallest absolute Gasteiger partial charge is 0.241 e. The fourth-order valence-corrected chi connectivity index (χ4v) is 2.27. The molecule has 2 heterocycles. The summed E-state index contributed by atoms with van der Waals surface area (Å²) in [4.78, 5) is 15.0. The van der Waals surface area contributed by atoms with E-state index in [9.17, 15) is 4.79 Å². The first kappa shape index (κ1) is 12.9. The number of carbonyl (C=O) groups is 1. The third-order valence-corrected chi connectivity index (χ3v) is 3.20. The van der Waals surface area contributed by atoms with Gasteiger partial charge >= 0.3 is 0 Å². The average molecular weight is 266 g/mol. The molecule has 1 fully saturated rings. The SMILES string of the molecule is Cl.O=C(Nc1ccc2[nH]ccc2c1)[C@@H]1CCCN1. The molecule has 1 aliphatic rings. The van der Waals surface area contributed by atoms with Gasteiger partial charge in [-0.1, -0.05) is 0 Å². The van der Waals surface area contributed by atoms with Crippen molar-refractivity contribution in [2.24, 2.45) is 0 Å². The quantitative estimate of drug-likeness (QED) is 0.780. The minimum absolute atomic E-state index is 0. The van der Waals surface area contributed by atoms with Crippen molar-refractivity contribution < 1.29 is 4.79 Å². The van der Waals surface area contributed by atoms with Crippen molar-refractivity contribution in [3.05, 3.63) is 30.5 Å². The first-order chi connectivity index (χ1) is 8.33. The van der Waals surface area contributed by atoms with Crippen LogP contribution >= 0.6 is 12.4 Å². The number of nitrogens with one attached hydrogen (secondary N) is 3. The Bertz CT molecular complexity index is 546. The molecule has 0 spiro atoms. The standard InChI is InChI=1S/C13H15N3O.ClH/c17-13(12-2-1-6-14-12)16-10-3-4-11-9(8-10)5-7-15-11;/h3-5,7-8,12,14-15H,1-2,6H2,(H,16,17);1H/t12-;/m0./s1. The molecule has 1 amide bonds. The second-order valence-corrected chi connectivity index (χ2v) is 4.42. The van der Waals surface area contributed by atoms with Gasteiger partial charge in [-0.2, -0.15) is 0 Å². The monoisotopic (exact) mass is 265 g/mol. The zero-order chi connectivity index (χ0) is 11.7. The molecule has 0 saturated carbocycles. The van der Waals surface area contributed by atoms with E-state index in [1.165, 1.54) is 0 Å². The van der Waals surface area contributed by atoms with Crippen LogP contribution in [0.4, 0.5) is 5.69 Å². The van der Waals surface area contributed by atoms with E-state index in [0.717, 1.165) is 36.0 Å². The molecule has 1 aromatic heterocycles. The maximum atomic E-state index is 11.9. The Morgan fingerprint density at radius 3 is 3.00 bits per heavy atom. The number of halogens is 1. The summed E-state index contributed by atoms with van der Waals surface area (Å²) in [5, 5.41) is 7.25. The van der Waals surface area contributed by atoms with Crippen LogP contribution in [0.15, 0.2) is 30.5 Å². The minimum Gasteiger partial charge on any atom is -0.361 e. The van der Waals surface area contributed by atoms with Crippen LogP contribution in [0, 0.1) is 0 Å². The number of hydrogen-bond acceptors (Lipinski definition) is 2. The molecule has 2 aromatic rings. The van der Waals surface area contributed by atoms with Crippen LogP contribution in [-0.4, -0.2) is 23.5 Å². The first-order valence-corrected chi connectivity index (χ1v) is 5.94. The van der Waals surface area contributed by atoms with Crippen molar-refractivity contribution >= 4 is 34.9 Å². The van der Waals surface area contributed by atoms with Gasteiger partial charge in [-0.3, -0.25) is 4.79 Å². The topological polar surface area (TPSA) is 56.9 Å². The molecule has 0 unspecified atom stereocenters. The van der Waals surface area contributed by atoms with Crippen molar-refractivity contribution in [3.8, 4) is 0 Å². The summed E-state index contributed by atoms with van der Waals surface area (Å²) in [6.45, 7) is 0.939. The summed E-state index contributed by atoms with van der Waals surface area (Å²) >= 11 is 0. The minimum atomic E-state index is -0.0306. The number of aromatic amines is 1. The maximum Gasteiger partial charge on any atom is 0.241 e. The van der Waals surface area contributed by atoms with E-state index in [2.05, 4.69) is 15.6 Å². The normalized spacial score (nSPS) is 18.6. The highest BCUT2D eigenvalue weighted by molar-refractivity contribution is 5.97. The zero-order valence-electron chi connectivity index (χ0n) is 9.90. The van der Waals surface area contributed by atoms with Gasteiger partial charge in [-0.15, -0.1) is 12.4 Å². The molecule has 3 N–H and O–H groups in total. The maximum absolute atomic E-state index is 11.9. The molecule has 0 radical (unpaired) electrons. The van der Waals surface area contributed by atoms with Crippen LogP contribution < -0.4 is 10.6 Å². The molecular formula is C13H16ClN3O. The first-order valence-electron chi connectivity index (χ1n) is 5.94. The van der Waals surface area contributed by atoms with Gasteiger partial charge in [0.15, 0.2) is 0 Å². The van der Waals surface area contributed by atoms with E-state index >= 15 is 0 Å². The Morgan fingerprint density at radius 2 is 2.22 bits per heavy atom. The van der Waals surface area contributed by atoms with E-state index in [1.807, 2.05) is 30.5 Å². The molecule has 4 nitrogen and oxygen atoms in total. The summed E-state index contributed by atoms with van der Waals surface area (Å²) in [7, 11) is 0. The van der Waals surface area contributed by atoms with Gasteiger partial charge in [0.05, 0.1) is 6.04 Å². The Balaban J connectivity index is 0.00000120. The third kappa shape index (κ3) is 2.49. The Kier molecular flexibility index (Phi) is 3.89. The number of rotatable bonds is 2. The highest BCUT2D eigenvalue weighted by atomic mass is 35.5. The number of anilines is 1. The van der Waals surface area contributed by atoms with E-state index < -0.39 is 0 Å². The molecule has 96 valence electrons. The summed E-state index contributed by atoms with van der Waals surface area (Å²) in [5.74, 6) is 0.0670. The Morgan fingerprint density at radius 1 is 1.33 bits per heavy atom. The largest absolute Gasteiger partial charge is 0.361 e. The molecular weight excluding hydrogens is 250 g/mol. The number of H-pyrrole nitrogens is 1. The third-order valence-electron chi connectivity index (χ3n) is 3.20. The van der Waals surface area contributed by atoms with Crippen LogP contribution in [0.5, 0.6) is 0 Å². The lowest BCUT2D eigenvalue weighted by molar-refractivity contribution is -0.117. The summed E-state index contributed by atoms with van der Waals surface area (Å²) in [5.41, 5.74) is 1.94. The molecule has 1 atom stereocenters.